The van der Waals surface area contributed by atoms with Crippen molar-refractivity contribution >= 4 is 13.6 Å². The fraction of sp³-hybridized carbons (Fsp3) is 0.800. The Morgan fingerprint density at radius 1 is 0.581 bits per heavy atom. The molecule has 0 aromatic heterocycles. The maximum Gasteiger partial charge on any atom is 4.00 e. The minimum absolute atomic E-state index is 0. The van der Waals surface area contributed by atoms with E-state index in [0.29, 0.717) is 0 Å². The summed E-state index contributed by atoms with van der Waals surface area (Å²) in [7, 11) is -2.48. The second kappa shape index (κ2) is 32.4. The van der Waals surface area contributed by atoms with Gasteiger partial charge in [-0.25, -0.2) is 12.1 Å². The van der Waals surface area contributed by atoms with E-state index in [9.17, 15) is 4.11 Å². The van der Waals surface area contributed by atoms with Crippen molar-refractivity contribution in [1.29, 1.82) is 0 Å². The van der Waals surface area contributed by atoms with Gasteiger partial charge in [-0.05, 0) is 13.1 Å². The van der Waals surface area contributed by atoms with Crippen LogP contribution in [-0.4, -0.2) is 47.7 Å². The zero-order valence-electron chi connectivity index (χ0n) is 22.0. The van der Waals surface area contributed by atoms with Gasteiger partial charge in [0.15, 0.2) is 0 Å². The van der Waals surface area contributed by atoms with Crippen LogP contribution in [0.15, 0.2) is 24.3 Å². The normalized spacial score (nSPS) is 9.84. The smallest absolute Gasteiger partial charge is 0.662 e. The van der Waals surface area contributed by atoms with Crippen molar-refractivity contribution in [3.8, 4) is 0 Å². The maximum absolute atomic E-state index is 13.1. The van der Waals surface area contributed by atoms with Gasteiger partial charge in [0.1, 0.15) is 0 Å². The van der Waals surface area contributed by atoms with Crippen LogP contribution in [0.4, 0.5) is 4.11 Å². The molecule has 1 aromatic carbocycles. The summed E-state index contributed by atoms with van der Waals surface area (Å²) >= 11 is 0. The zero-order valence-corrected chi connectivity index (χ0v) is 26.6. The van der Waals surface area contributed by atoms with Crippen molar-refractivity contribution in [3.05, 3.63) is 40.2 Å². The molecule has 0 radical (unpaired) electrons. The van der Waals surface area contributed by atoms with Crippen LogP contribution in [0.5, 0.6) is 0 Å². The van der Waals surface area contributed by atoms with E-state index in [1.165, 1.54) is 38.5 Å². The molecule has 0 saturated carbocycles. The third-order valence-electron chi connectivity index (χ3n) is 3.64. The minimum Gasteiger partial charge on any atom is -0.662 e. The number of nitrogens with zero attached hydrogens (tertiary/aromatic N) is 3. The first-order chi connectivity index (χ1) is 14.3. The fourth-order valence-corrected chi connectivity index (χ4v) is 3.04. The Morgan fingerprint density at radius 2 is 0.806 bits per heavy atom. The van der Waals surface area contributed by atoms with Crippen molar-refractivity contribution in [3.63, 3.8) is 0 Å². The van der Waals surface area contributed by atoms with Gasteiger partial charge in [0, 0.05) is 0 Å². The first kappa shape index (κ1) is 38.5. The van der Waals surface area contributed by atoms with E-state index in [2.05, 4.69) is 57.5 Å². The number of hydrogen-bond donors (Lipinski definition) is 0. The summed E-state index contributed by atoms with van der Waals surface area (Å²) in [6.07, 6.45) is 7.17. The summed E-state index contributed by atoms with van der Waals surface area (Å²) < 4.78 is 13.1. The van der Waals surface area contributed by atoms with Crippen LogP contribution >= 0.6 is 0 Å². The molecule has 0 bridgehead atoms. The van der Waals surface area contributed by atoms with Crippen molar-refractivity contribution in [2.45, 2.75) is 93.2 Å². The Morgan fingerprint density at radius 3 is 0.935 bits per heavy atom. The monoisotopic (exact) mass is 621 g/mol. The molecule has 0 aliphatic rings. The van der Waals surface area contributed by atoms with Crippen LogP contribution in [0, 0.1) is 0 Å². The molecule has 6 heteroatoms. The quantitative estimate of drug-likeness (QED) is 0.0922. The summed E-state index contributed by atoms with van der Waals surface area (Å²) in [5.41, 5.74) is 0. The van der Waals surface area contributed by atoms with E-state index in [1.54, 1.807) is 13.1 Å². The van der Waals surface area contributed by atoms with Crippen LogP contribution in [-0.2, 0) is 25.8 Å². The second-order valence-corrected chi connectivity index (χ2v) is 11.2. The molecule has 182 valence electrons. The van der Waals surface area contributed by atoms with Crippen LogP contribution in [0.3, 0.4) is 0 Å². The molecule has 0 saturated heterocycles. The average Bonchev–Trinajstić information content (AvgIpc) is 3.26. The van der Waals surface area contributed by atoms with Gasteiger partial charge in [0.2, 0.25) is 8.41 Å². The molecule has 0 fully saturated rings. The summed E-state index contributed by atoms with van der Waals surface area (Å²) in [5.74, 6) is 0. The Hall–Kier alpha value is 0.247. The SMILES string of the molecule is CCC[N-]CCC.CCC[N-]CCC.CCC[N-]CCC.C[Si](C)(F)[c-]1cccc1.[Hf+4]. The Balaban J connectivity index is -0.000000156. The van der Waals surface area contributed by atoms with E-state index in [4.69, 9.17) is 0 Å². The third-order valence-corrected chi connectivity index (χ3v) is 5.35. The Bertz CT molecular complexity index is 349. The summed E-state index contributed by atoms with van der Waals surface area (Å²) in [6.45, 7) is 22.6. The molecule has 1 aromatic rings. The third kappa shape index (κ3) is 37.9. The van der Waals surface area contributed by atoms with Crippen molar-refractivity contribution in [1.82, 2.24) is 0 Å². The fourth-order valence-electron chi connectivity index (χ4n) is 2.05. The molecule has 0 atom stereocenters. The summed E-state index contributed by atoms with van der Waals surface area (Å²) in [6, 6.07) is 7.46. The average molecular weight is 620 g/mol. The predicted molar refractivity (Wildman–Crippen MR) is 141 cm³/mol. The maximum atomic E-state index is 13.1. The van der Waals surface area contributed by atoms with Crippen LogP contribution < -0.4 is 5.19 Å². The standard InChI is InChI=1S/C7H10FSi.3C6H14N.Hf/c1-9(2,8)7-5-3-4-6-7;3*1-3-5-7-6-4-2;/h3-6H,1-2H3;3*3-6H2,1-2H3;/q4*-1;+4. The van der Waals surface area contributed by atoms with E-state index >= 15 is 0 Å². The van der Waals surface area contributed by atoms with Gasteiger partial charge in [-0.15, -0.1) is 44.5 Å². The molecule has 0 aliphatic carbocycles. The first-order valence-corrected chi connectivity index (χ1v) is 15.0. The molecule has 0 unspecified atom stereocenters. The molecule has 3 nitrogen and oxygen atoms in total. The topological polar surface area (TPSA) is 42.3 Å². The van der Waals surface area contributed by atoms with Gasteiger partial charge in [0.05, 0.1) is 0 Å². The van der Waals surface area contributed by atoms with Crippen molar-refractivity contribution < 1.29 is 30.0 Å². The molecule has 1 rings (SSSR count). The largest absolute Gasteiger partial charge is 4.00 e. The number of hydrogen-bond acceptors (Lipinski definition) is 0. The van der Waals surface area contributed by atoms with E-state index in [-0.39, 0.29) is 25.8 Å². The summed E-state index contributed by atoms with van der Waals surface area (Å²) in [5, 5.41) is 13.5. The zero-order chi connectivity index (χ0) is 23.5. The van der Waals surface area contributed by atoms with Gasteiger partial charge in [0.25, 0.3) is 0 Å². The molecule has 0 amide bonds. The van der Waals surface area contributed by atoms with Gasteiger partial charge < -0.3 is 20.1 Å². The van der Waals surface area contributed by atoms with Crippen LogP contribution in [0.1, 0.15) is 80.1 Å². The molecule has 0 aliphatic heterocycles. The van der Waals surface area contributed by atoms with Crippen molar-refractivity contribution in [2.75, 3.05) is 39.3 Å². The van der Waals surface area contributed by atoms with Crippen molar-refractivity contribution in [2.24, 2.45) is 0 Å². The van der Waals surface area contributed by atoms with E-state index in [0.717, 1.165) is 44.5 Å². The predicted octanol–water partition coefficient (Wildman–Crippen LogP) is 8.32. The molecule has 0 N–H and O–H groups in total. The van der Waals surface area contributed by atoms with Gasteiger partial charge in [-0.1, -0.05) is 80.1 Å². The first-order valence-electron chi connectivity index (χ1n) is 12.2. The molecular weight excluding hydrogens is 568 g/mol. The van der Waals surface area contributed by atoms with Crippen LogP contribution in [0.25, 0.3) is 16.0 Å². The Labute approximate surface area is 215 Å². The molecular formula is C25H52FHfN3Si. The van der Waals surface area contributed by atoms with E-state index < -0.39 is 8.41 Å². The number of halogens is 1. The molecule has 0 spiro atoms. The van der Waals surface area contributed by atoms with Gasteiger partial charge in [-0.2, -0.15) is 12.1 Å². The van der Waals surface area contributed by atoms with E-state index in [1.807, 2.05) is 24.3 Å². The van der Waals surface area contributed by atoms with Crippen LogP contribution in [0.2, 0.25) is 13.1 Å². The molecule has 31 heavy (non-hydrogen) atoms. The second-order valence-electron chi connectivity index (χ2n) is 7.66. The minimum atomic E-state index is -2.48. The number of rotatable bonds is 13. The Kier molecular flexibility index (Phi) is 40.3. The molecule has 0 heterocycles. The summed E-state index contributed by atoms with van der Waals surface area (Å²) in [4.78, 5) is 0. The van der Waals surface area contributed by atoms with Gasteiger partial charge in [-0.3, -0.25) is 0 Å². The van der Waals surface area contributed by atoms with Gasteiger partial charge >= 0.3 is 25.8 Å².